The third-order valence-corrected chi connectivity index (χ3v) is 2.21. The standard InChI is InChI=1S/C8H6ClF5N2.ClH/c9-6-4(2-1-3-16-6)5(15)7(10,11)8(12,13)14;/h1-3,5H,15H2;1H/t5-;/m0./s1. The highest BCUT2D eigenvalue weighted by atomic mass is 35.5. The first kappa shape index (κ1) is 16.3. The Morgan fingerprint density at radius 3 is 2.18 bits per heavy atom. The number of hydrogen-bond donors (Lipinski definition) is 1. The van der Waals surface area contributed by atoms with E-state index in [1.165, 1.54) is 6.07 Å². The molecule has 2 nitrogen and oxygen atoms in total. The summed E-state index contributed by atoms with van der Waals surface area (Å²) >= 11 is 5.38. The number of alkyl halides is 5. The molecule has 0 amide bonds. The summed E-state index contributed by atoms with van der Waals surface area (Å²) < 4.78 is 61.7. The maximum atomic E-state index is 12.9. The van der Waals surface area contributed by atoms with Crippen molar-refractivity contribution in [2.24, 2.45) is 5.73 Å². The molecular formula is C8H7Cl2F5N2. The van der Waals surface area contributed by atoms with Gasteiger partial charge in [-0.3, -0.25) is 0 Å². The minimum Gasteiger partial charge on any atom is -0.319 e. The van der Waals surface area contributed by atoms with Crippen LogP contribution in [0.3, 0.4) is 0 Å². The molecule has 0 aliphatic heterocycles. The van der Waals surface area contributed by atoms with Crippen LogP contribution in [0.25, 0.3) is 0 Å². The zero-order valence-electron chi connectivity index (χ0n) is 8.01. The number of pyridine rings is 1. The van der Waals surface area contributed by atoms with Gasteiger partial charge in [0.2, 0.25) is 0 Å². The van der Waals surface area contributed by atoms with E-state index in [1.54, 1.807) is 0 Å². The van der Waals surface area contributed by atoms with E-state index in [2.05, 4.69) is 4.98 Å². The van der Waals surface area contributed by atoms with Crippen LogP contribution in [0.2, 0.25) is 5.15 Å². The quantitative estimate of drug-likeness (QED) is 0.671. The van der Waals surface area contributed by atoms with Crippen molar-refractivity contribution in [2.45, 2.75) is 18.1 Å². The van der Waals surface area contributed by atoms with Crippen molar-refractivity contribution in [3.63, 3.8) is 0 Å². The molecule has 0 aliphatic rings. The molecule has 0 fully saturated rings. The lowest BCUT2D eigenvalue weighted by molar-refractivity contribution is -0.291. The van der Waals surface area contributed by atoms with E-state index in [1.807, 2.05) is 0 Å². The van der Waals surface area contributed by atoms with Gasteiger partial charge in [-0.25, -0.2) is 4.98 Å². The Hall–Kier alpha value is -0.660. The monoisotopic (exact) mass is 296 g/mol. The summed E-state index contributed by atoms with van der Waals surface area (Å²) in [5.74, 6) is -5.06. The molecule has 0 aromatic carbocycles. The lowest BCUT2D eigenvalue weighted by Gasteiger charge is -2.26. The molecule has 9 heteroatoms. The molecule has 0 unspecified atom stereocenters. The number of halogens is 7. The van der Waals surface area contributed by atoms with Crippen LogP contribution < -0.4 is 5.73 Å². The van der Waals surface area contributed by atoms with Crippen molar-refractivity contribution in [1.29, 1.82) is 0 Å². The topological polar surface area (TPSA) is 38.9 Å². The minimum absolute atomic E-state index is 0. The summed E-state index contributed by atoms with van der Waals surface area (Å²) in [7, 11) is 0. The highest BCUT2D eigenvalue weighted by Gasteiger charge is 2.62. The molecule has 1 atom stereocenters. The number of hydrogen-bond acceptors (Lipinski definition) is 2. The fourth-order valence-electron chi connectivity index (χ4n) is 1.00. The van der Waals surface area contributed by atoms with Gasteiger partial charge < -0.3 is 5.73 Å². The van der Waals surface area contributed by atoms with E-state index in [4.69, 9.17) is 17.3 Å². The van der Waals surface area contributed by atoms with Crippen LogP contribution in [0.15, 0.2) is 18.3 Å². The van der Waals surface area contributed by atoms with Crippen LogP contribution in [-0.2, 0) is 0 Å². The third kappa shape index (κ3) is 3.17. The predicted octanol–water partition coefficient (Wildman–Crippen LogP) is 3.35. The van der Waals surface area contributed by atoms with E-state index < -0.39 is 28.9 Å². The number of nitrogens with two attached hydrogens (primary N) is 1. The van der Waals surface area contributed by atoms with Crippen LogP contribution in [0.4, 0.5) is 22.0 Å². The van der Waals surface area contributed by atoms with E-state index in [9.17, 15) is 22.0 Å². The molecule has 0 radical (unpaired) electrons. The molecule has 0 spiro atoms. The Kier molecular flexibility index (Phi) is 5.12. The Morgan fingerprint density at radius 2 is 1.76 bits per heavy atom. The van der Waals surface area contributed by atoms with Crippen LogP contribution in [0.1, 0.15) is 11.6 Å². The Labute approximate surface area is 104 Å². The molecule has 0 bridgehead atoms. The van der Waals surface area contributed by atoms with Crippen molar-refractivity contribution < 1.29 is 22.0 Å². The van der Waals surface area contributed by atoms with Gasteiger partial charge in [0.15, 0.2) is 0 Å². The summed E-state index contributed by atoms with van der Waals surface area (Å²) in [5.41, 5.74) is 4.32. The molecular weight excluding hydrogens is 290 g/mol. The summed E-state index contributed by atoms with van der Waals surface area (Å²) in [6, 6.07) is -0.429. The first-order valence-electron chi connectivity index (χ1n) is 3.98. The molecule has 0 saturated heterocycles. The van der Waals surface area contributed by atoms with Crippen LogP contribution in [-0.4, -0.2) is 17.1 Å². The van der Waals surface area contributed by atoms with Gasteiger partial charge in [0, 0.05) is 11.8 Å². The highest BCUT2D eigenvalue weighted by molar-refractivity contribution is 6.30. The normalized spacial score (nSPS) is 14.1. The van der Waals surface area contributed by atoms with Crippen molar-refractivity contribution in [3.8, 4) is 0 Å². The molecule has 0 aliphatic carbocycles. The Bertz CT molecular complexity index is 382. The zero-order valence-corrected chi connectivity index (χ0v) is 9.58. The lowest BCUT2D eigenvalue weighted by atomic mass is 10.0. The fraction of sp³-hybridized carbons (Fsp3) is 0.375. The molecule has 2 N–H and O–H groups in total. The summed E-state index contributed by atoms with van der Waals surface area (Å²) in [5, 5.41) is -0.473. The van der Waals surface area contributed by atoms with E-state index >= 15 is 0 Å². The van der Waals surface area contributed by atoms with Gasteiger partial charge in [-0.2, -0.15) is 22.0 Å². The summed E-state index contributed by atoms with van der Waals surface area (Å²) in [4.78, 5) is 3.38. The van der Waals surface area contributed by atoms with Gasteiger partial charge >= 0.3 is 12.1 Å². The second kappa shape index (κ2) is 5.32. The van der Waals surface area contributed by atoms with Gasteiger partial charge in [-0.15, -0.1) is 12.4 Å². The Balaban J connectivity index is 0.00000256. The molecule has 17 heavy (non-hydrogen) atoms. The maximum absolute atomic E-state index is 12.9. The molecule has 1 aromatic rings. The number of rotatable bonds is 2. The third-order valence-electron chi connectivity index (χ3n) is 1.89. The Morgan fingerprint density at radius 1 is 1.24 bits per heavy atom. The smallest absolute Gasteiger partial charge is 0.319 e. The SMILES string of the molecule is Cl.N[C@@H](c1cccnc1Cl)C(F)(F)C(F)(F)F. The second-order valence-electron chi connectivity index (χ2n) is 2.98. The van der Waals surface area contributed by atoms with E-state index in [0.717, 1.165) is 12.3 Å². The zero-order chi connectivity index (χ0) is 12.6. The van der Waals surface area contributed by atoms with Gasteiger partial charge in [0.05, 0.1) is 0 Å². The van der Waals surface area contributed by atoms with Crippen LogP contribution >= 0.6 is 24.0 Å². The highest BCUT2D eigenvalue weighted by Crippen LogP contribution is 2.44. The van der Waals surface area contributed by atoms with Crippen molar-refractivity contribution in [1.82, 2.24) is 4.98 Å². The average molecular weight is 297 g/mol. The van der Waals surface area contributed by atoms with Crippen molar-refractivity contribution in [3.05, 3.63) is 29.0 Å². The summed E-state index contributed by atoms with van der Waals surface area (Å²) in [6.07, 6.45) is -4.57. The van der Waals surface area contributed by atoms with Crippen molar-refractivity contribution >= 4 is 24.0 Å². The number of aromatic nitrogens is 1. The molecule has 98 valence electrons. The largest absolute Gasteiger partial charge is 0.455 e. The molecule has 0 saturated carbocycles. The lowest BCUT2D eigenvalue weighted by Crippen LogP contribution is -2.46. The first-order valence-corrected chi connectivity index (χ1v) is 4.36. The minimum atomic E-state index is -5.73. The second-order valence-corrected chi connectivity index (χ2v) is 3.34. The predicted molar refractivity (Wildman–Crippen MR) is 54.4 cm³/mol. The molecule has 1 rings (SSSR count). The van der Waals surface area contributed by atoms with Gasteiger partial charge in [-0.1, -0.05) is 17.7 Å². The van der Waals surface area contributed by atoms with Gasteiger partial charge in [0.1, 0.15) is 11.2 Å². The van der Waals surface area contributed by atoms with Gasteiger partial charge in [0.25, 0.3) is 0 Å². The molecule has 1 heterocycles. The number of nitrogens with zero attached hydrogens (tertiary/aromatic N) is 1. The van der Waals surface area contributed by atoms with Gasteiger partial charge in [-0.05, 0) is 6.07 Å². The summed E-state index contributed by atoms with van der Waals surface area (Å²) in [6.45, 7) is 0. The average Bonchev–Trinajstić information content (AvgIpc) is 2.15. The van der Waals surface area contributed by atoms with E-state index in [-0.39, 0.29) is 12.4 Å². The van der Waals surface area contributed by atoms with Crippen molar-refractivity contribution in [2.75, 3.05) is 0 Å². The maximum Gasteiger partial charge on any atom is 0.455 e. The molecule has 1 aromatic heterocycles. The first-order chi connectivity index (χ1) is 7.18. The fourth-order valence-corrected chi connectivity index (χ4v) is 1.24. The van der Waals surface area contributed by atoms with Crippen LogP contribution in [0, 0.1) is 0 Å². The van der Waals surface area contributed by atoms with Crippen LogP contribution in [0.5, 0.6) is 0 Å². The van der Waals surface area contributed by atoms with E-state index in [0.29, 0.717) is 0 Å².